The second-order valence-electron chi connectivity index (χ2n) is 6.49. The number of phenols is 1. The van der Waals surface area contributed by atoms with Crippen LogP contribution in [0.1, 0.15) is 62.8 Å². The number of rotatable bonds is 1. The highest BCUT2D eigenvalue weighted by Crippen LogP contribution is 2.36. The summed E-state index contributed by atoms with van der Waals surface area (Å²) in [6, 6.07) is 4.78. The van der Waals surface area contributed by atoms with E-state index in [4.69, 9.17) is 0 Å². The van der Waals surface area contributed by atoms with E-state index in [1.807, 2.05) is 6.92 Å². The highest BCUT2D eigenvalue weighted by atomic mass is 16.3. The Morgan fingerprint density at radius 1 is 1.22 bits per heavy atom. The number of benzene rings is 1. The summed E-state index contributed by atoms with van der Waals surface area (Å²) in [5.41, 5.74) is 3.36. The third kappa shape index (κ3) is 2.69. The van der Waals surface area contributed by atoms with Gasteiger partial charge >= 0.3 is 0 Å². The van der Waals surface area contributed by atoms with E-state index < -0.39 is 0 Å². The van der Waals surface area contributed by atoms with Gasteiger partial charge in [-0.3, -0.25) is 0 Å². The van der Waals surface area contributed by atoms with Gasteiger partial charge in [0.25, 0.3) is 0 Å². The molecule has 1 aromatic rings. The van der Waals surface area contributed by atoms with Crippen molar-refractivity contribution in [3.05, 3.63) is 28.8 Å². The minimum atomic E-state index is -0.0144. The molecule has 2 N–H and O–H groups in total. The molecule has 1 unspecified atom stereocenters. The van der Waals surface area contributed by atoms with Crippen LogP contribution in [0.25, 0.3) is 0 Å². The van der Waals surface area contributed by atoms with Gasteiger partial charge in [0.1, 0.15) is 5.75 Å². The summed E-state index contributed by atoms with van der Waals surface area (Å²) in [6.07, 6.45) is 3.77. The molecule has 0 bridgehead atoms. The van der Waals surface area contributed by atoms with Crippen LogP contribution in [0.15, 0.2) is 12.1 Å². The zero-order chi connectivity index (χ0) is 13.3. The van der Waals surface area contributed by atoms with E-state index in [1.165, 1.54) is 24.8 Å². The van der Waals surface area contributed by atoms with Gasteiger partial charge in [-0.05, 0) is 54.5 Å². The maximum atomic E-state index is 10.2. The predicted molar refractivity (Wildman–Crippen MR) is 76.1 cm³/mol. The first kappa shape index (κ1) is 13.4. The summed E-state index contributed by atoms with van der Waals surface area (Å²) in [5.74, 6) is 0.460. The SMILES string of the molecule is Cc1cc(C2CCCCN2)cc(C(C)(C)C)c1O. The Balaban J connectivity index is 2.40. The molecule has 1 atom stereocenters. The van der Waals surface area contributed by atoms with Crippen LogP contribution < -0.4 is 5.32 Å². The van der Waals surface area contributed by atoms with Gasteiger partial charge in [-0.1, -0.05) is 33.3 Å². The molecule has 2 nitrogen and oxygen atoms in total. The maximum absolute atomic E-state index is 10.2. The lowest BCUT2D eigenvalue weighted by Crippen LogP contribution is -2.27. The van der Waals surface area contributed by atoms with Gasteiger partial charge in [0.05, 0.1) is 0 Å². The molecule has 0 radical (unpaired) electrons. The first-order valence-electron chi connectivity index (χ1n) is 6.97. The first-order chi connectivity index (χ1) is 8.39. The molecule has 2 heteroatoms. The van der Waals surface area contributed by atoms with Crippen molar-refractivity contribution in [1.29, 1.82) is 0 Å². The summed E-state index contributed by atoms with van der Waals surface area (Å²) >= 11 is 0. The fourth-order valence-corrected chi connectivity index (χ4v) is 2.72. The van der Waals surface area contributed by atoms with E-state index in [9.17, 15) is 5.11 Å². The molecule has 1 fully saturated rings. The minimum Gasteiger partial charge on any atom is -0.507 e. The fourth-order valence-electron chi connectivity index (χ4n) is 2.72. The van der Waals surface area contributed by atoms with Gasteiger partial charge in [0.15, 0.2) is 0 Å². The van der Waals surface area contributed by atoms with E-state index in [1.54, 1.807) is 0 Å². The topological polar surface area (TPSA) is 32.3 Å². The molecule has 2 rings (SSSR count). The number of hydrogen-bond donors (Lipinski definition) is 2. The zero-order valence-corrected chi connectivity index (χ0v) is 12.0. The van der Waals surface area contributed by atoms with Crippen LogP contribution in [0.2, 0.25) is 0 Å². The van der Waals surface area contributed by atoms with Crippen LogP contribution in [0, 0.1) is 6.92 Å². The van der Waals surface area contributed by atoms with Gasteiger partial charge in [-0.25, -0.2) is 0 Å². The number of aryl methyl sites for hydroxylation is 1. The summed E-state index contributed by atoms with van der Waals surface area (Å²) in [6.45, 7) is 9.56. The molecule has 1 saturated heterocycles. The highest BCUT2D eigenvalue weighted by molar-refractivity contribution is 5.47. The van der Waals surface area contributed by atoms with Gasteiger partial charge in [0.2, 0.25) is 0 Å². The first-order valence-corrected chi connectivity index (χ1v) is 6.97. The van der Waals surface area contributed by atoms with Gasteiger partial charge in [0, 0.05) is 6.04 Å². The minimum absolute atomic E-state index is 0.0144. The highest BCUT2D eigenvalue weighted by Gasteiger charge is 2.23. The van der Waals surface area contributed by atoms with Crippen molar-refractivity contribution in [1.82, 2.24) is 5.32 Å². The summed E-state index contributed by atoms with van der Waals surface area (Å²) in [7, 11) is 0. The predicted octanol–water partition coefficient (Wildman–Crippen LogP) is 3.81. The summed E-state index contributed by atoms with van der Waals surface area (Å²) < 4.78 is 0. The van der Waals surface area contributed by atoms with Crippen LogP contribution >= 0.6 is 0 Å². The van der Waals surface area contributed by atoms with Crippen LogP contribution in [0.3, 0.4) is 0 Å². The molecule has 1 aliphatic heterocycles. The number of phenolic OH excluding ortho intramolecular Hbond substituents is 1. The van der Waals surface area contributed by atoms with Crippen molar-refractivity contribution in [2.75, 3.05) is 6.54 Å². The summed E-state index contributed by atoms with van der Waals surface area (Å²) in [5, 5.41) is 13.8. The monoisotopic (exact) mass is 247 g/mol. The molecule has 1 heterocycles. The van der Waals surface area contributed by atoms with E-state index in [2.05, 4.69) is 38.2 Å². The second-order valence-corrected chi connectivity index (χ2v) is 6.49. The van der Waals surface area contributed by atoms with Crippen LogP contribution in [-0.4, -0.2) is 11.7 Å². The number of nitrogens with one attached hydrogen (secondary N) is 1. The van der Waals surface area contributed by atoms with E-state index in [0.717, 1.165) is 17.7 Å². The Morgan fingerprint density at radius 2 is 1.94 bits per heavy atom. The van der Waals surface area contributed by atoms with Crippen molar-refractivity contribution in [3.63, 3.8) is 0 Å². The van der Waals surface area contributed by atoms with E-state index in [-0.39, 0.29) is 5.41 Å². The molecule has 1 aliphatic rings. The Bertz CT molecular complexity index is 425. The smallest absolute Gasteiger partial charge is 0.122 e. The van der Waals surface area contributed by atoms with Crippen molar-refractivity contribution < 1.29 is 5.11 Å². The lowest BCUT2D eigenvalue weighted by molar-refractivity contribution is 0.408. The van der Waals surface area contributed by atoms with E-state index in [0.29, 0.717) is 11.8 Å². The molecular weight excluding hydrogens is 222 g/mol. The largest absolute Gasteiger partial charge is 0.507 e. The van der Waals surface area contributed by atoms with Gasteiger partial charge < -0.3 is 10.4 Å². The Labute approximate surface area is 110 Å². The van der Waals surface area contributed by atoms with Crippen LogP contribution in [-0.2, 0) is 5.41 Å². The van der Waals surface area contributed by atoms with Gasteiger partial charge in [-0.15, -0.1) is 0 Å². The van der Waals surface area contributed by atoms with Crippen molar-refractivity contribution in [2.45, 2.75) is 58.4 Å². The lowest BCUT2D eigenvalue weighted by atomic mass is 9.82. The molecule has 0 aromatic heterocycles. The Hall–Kier alpha value is -1.02. The summed E-state index contributed by atoms with van der Waals surface area (Å²) in [4.78, 5) is 0. The third-order valence-electron chi connectivity index (χ3n) is 3.84. The Kier molecular flexibility index (Phi) is 3.67. The fraction of sp³-hybridized carbons (Fsp3) is 0.625. The lowest BCUT2D eigenvalue weighted by Gasteiger charge is -2.28. The van der Waals surface area contributed by atoms with Crippen LogP contribution in [0.4, 0.5) is 0 Å². The molecule has 0 aliphatic carbocycles. The zero-order valence-electron chi connectivity index (χ0n) is 12.0. The number of piperidine rings is 1. The molecule has 0 spiro atoms. The second kappa shape index (κ2) is 4.93. The van der Waals surface area contributed by atoms with Crippen molar-refractivity contribution in [3.8, 4) is 5.75 Å². The number of aromatic hydroxyl groups is 1. The van der Waals surface area contributed by atoms with Crippen molar-refractivity contribution in [2.24, 2.45) is 0 Å². The molecule has 18 heavy (non-hydrogen) atoms. The average molecular weight is 247 g/mol. The molecular formula is C16H25NO. The normalized spacial score (nSPS) is 21.0. The molecule has 1 aromatic carbocycles. The molecule has 0 amide bonds. The average Bonchev–Trinajstić information content (AvgIpc) is 2.32. The van der Waals surface area contributed by atoms with Crippen molar-refractivity contribution >= 4 is 0 Å². The maximum Gasteiger partial charge on any atom is 0.122 e. The van der Waals surface area contributed by atoms with Crippen LogP contribution in [0.5, 0.6) is 5.75 Å². The molecule has 0 saturated carbocycles. The number of hydrogen-bond acceptors (Lipinski definition) is 2. The van der Waals surface area contributed by atoms with E-state index >= 15 is 0 Å². The third-order valence-corrected chi connectivity index (χ3v) is 3.84. The quantitative estimate of drug-likeness (QED) is 0.791. The standard InChI is InChI=1S/C16H25NO/c1-11-9-12(14-7-5-6-8-17-14)10-13(15(11)18)16(2,3)4/h9-10,14,17-18H,5-8H2,1-4H3. The Morgan fingerprint density at radius 3 is 2.50 bits per heavy atom. The molecule has 100 valence electrons. The van der Waals surface area contributed by atoms with Gasteiger partial charge in [-0.2, -0.15) is 0 Å².